The van der Waals surface area contributed by atoms with Gasteiger partial charge in [-0.25, -0.2) is 15.0 Å². The number of hydrogen-bond acceptors (Lipinski definition) is 19. The average Bonchev–Trinajstić information content (AvgIpc) is 3.60. The van der Waals surface area contributed by atoms with Crippen molar-refractivity contribution in [2.45, 2.75) is 39.7 Å². The van der Waals surface area contributed by atoms with Gasteiger partial charge in [0.2, 0.25) is 17.5 Å². The fourth-order valence-corrected chi connectivity index (χ4v) is 6.64. The number of hydrogen-bond donors (Lipinski definition) is 3. The van der Waals surface area contributed by atoms with Crippen molar-refractivity contribution in [1.29, 1.82) is 0 Å². The minimum Gasteiger partial charge on any atom is -0.387 e. The van der Waals surface area contributed by atoms with E-state index in [0.29, 0.717) is 161 Å². The molecule has 2 aromatic rings. The number of nitrogens with one attached hydrogen (secondary N) is 3. The fourth-order valence-electron chi connectivity index (χ4n) is 6.64. The molecule has 0 saturated carbocycles. The standard InChI is InChI=1S/C50H74N8O16/c1-3-11-58(74-4-2)50(63)40-32-43-44(56-45(51)34-40)33-41(36-54-43)39-5-6-42(53-35-39)37-55-46(59)9-12-64-14-16-66-18-20-68-22-24-70-26-28-72-30-31-73-29-27-71-25-23-69-21-19-67-17-15-65-13-10-52-47(60)38-57-48(61)7-8-49(57)62/h5-8,32-33,35-36H,3-4,9-31,34,37-38H2,1-2H3,(H2,51,56)(H,52,60)(H,55,59)/p+1. The second-order valence-electron chi connectivity index (χ2n) is 16.1. The monoisotopic (exact) mass is 1040 g/mol. The number of amides is 5. The van der Waals surface area contributed by atoms with E-state index in [-0.39, 0.29) is 57.5 Å². The molecule has 24 nitrogen and oxygen atoms in total. The van der Waals surface area contributed by atoms with Crippen molar-refractivity contribution in [3.05, 3.63) is 59.7 Å². The molecule has 5 N–H and O–H groups in total. The van der Waals surface area contributed by atoms with Crippen LogP contribution in [0.2, 0.25) is 0 Å². The van der Waals surface area contributed by atoms with Crippen LogP contribution in [0.1, 0.15) is 44.5 Å². The Hall–Kier alpha value is -5.64. The lowest BCUT2D eigenvalue weighted by Gasteiger charge is -2.21. The highest BCUT2D eigenvalue weighted by molar-refractivity contribution is 6.14. The number of imide groups is 1. The molecule has 4 heterocycles. The Morgan fingerprint density at radius 3 is 1.68 bits per heavy atom. The Kier molecular flexibility index (Phi) is 31.3. The molecule has 2 aromatic heterocycles. The number of carbonyl (C=O) groups excluding carboxylic acids is 5. The van der Waals surface area contributed by atoms with Crippen LogP contribution in [0.4, 0.5) is 5.69 Å². The Labute approximate surface area is 432 Å². The maximum absolute atomic E-state index is 13.2. The zero-order chi connectivity index (χ0) is 52.9. The van der Waals surface area contributed by atoms with E-state index in [9.17, 15) is 24.0 Å². The first-order valence-electron chi connectivity index (χ1n) is 25.0. The first-order chi connectivity index (χ1) is 36.2. The van der Waals surface area contributed by atoms with E-state index in [0.717, 1.165) is 34.6 Å². The van der Waals surface area contributed by atoms with Gasteiger partial charge in [0.15, 0.2) is 6.20 Å². The predicted molar refractivity (Wildman–Crippen MR) is 267 cm³/mol. The summed E-state index contributed by atoms with van der Waals surface area (Å²) in [5.41, 5.74) is 10.4. The summed E-state index contributed by atoms with van der Waals surface area (Å²) in [5, 5.41) is 6.83. The van der Waals surface area contributed by atoms with Crippen molar-refractivity contribution < 1.29 is 81.2 Å². The van der Waals surface area contributed by atoms with Crippen molar-refractivity contribution in [1.82, 2.24) is 25.6 Å². The zero-order valence-corrected chi connectivity index (χ0v) is 42.8. The molecule has 74 heavy (non-hydrogen) atoms. The molecule has 5 amide bonds. The largest absolute Gasteiger partial charge is 0.387 e. The molecule has 2 aliphatic heterocycles. The van der Waals surface area contributed by atoms with Crippen LogP contribution in [0, 0.1) is 0 Å². The highest BCUT2D eigenvalue weighted by Crippen LogP contribution is 2.28. The lowest BCUT2D eigenvalue weighted by atomic mass is 10.1. The molecule has 2 aliphatic rings. The van der Waals surface area contributed by atoms with Crippen LogP contribution in [0.3, 0.4) is 0 Å². The number of fused-ring (bicyclic) bond motifs is 1. The molecule has 0 aliphatic carbocycles. The fraction of sp³-hybridized carbons (Fsp3) is 0.600. The minimum atomic E-state index is -0.499. The summed E-state index contributed by atoms with van der Waals surface area (Å²) >= 11 is 0. The van der Waals surface area contributed by atoms with E-state index < -0.39 is 17.7 Å². The summed E-state index contributed by atoms with van der Waals surface area (Å²) in [5.74, 6) is -1.50. The number of pyridine rings is 2. The third-order valence-corrected chi connectivity index (χ3v) is 10.3. The number of aromatic amines is 1. The number of aliphatic imine (C=N–C) groups is 1. The first-order valence-corrected chi connectivity index (χ1v) is 25.0. The van der Waals surface area contributed by atoms with Crippen molar-refractivity contribution in [3.8, 4) is 11.1 Å². The van der Waals surface area contributed by atoms with Gasteiger partial charge in [-0.1, -0.05) is 13.0 Å². The second-order valence-corrected chi connectivity index (χ2v) is 16.1. The summed E-state index contributed by atoms with van der Waals surface area (Å²) in [6.07, 6.45) is 8.75. The molecule has 410 valence electrons. The van der Waals surface area contributed by atoms with Gasteiger partial charge in [0.25, 0.3) is 17.7 Å². The maximum atomic E-state index is 13.2. The number of carbonyl (C=O) groups is 5. The molecule has 0 aromatic carbocycles. The van der Waals surface area contributed by atoms with Gasteiger partial charge in [-0.3, -0.25) is 38.7 Å². The van der Waals surface area contributed by atoms with E-state index in [2.05, 4.69) is 25.6 Å². The quantitative estimate of drug-likeness (QED) is 0.0469. The van der Waals surface area contributed by atoms with Gasteiger partial charge in [0.1, 0.15) is 18.1 Å². The smallest absolute Gasteiger partial charge is 0.274 e. The average molecular weight is 1040 g/mol. The number of amidine groups is 1. The van der Waals surface area contributed by atoms with E-state index in [1.807, 2.05) is 38.2 Å². The SMILES string of the molecule is CCCN(OCC)C(=O)C1=Cc2[nH+]cc(-c3ccc(CNC(=O)CCOCCOCCOCCOCCOCCOCCOCCOCCOCCOCCNC(=O)CN4C(=O)C=CC4=O)nc3)cc2N=C(N)C1. The third kappa shape index (κ3) is 25.5. The molecule has 4 rings (SSSR count). The van der Waals surface area contributed by atoms with Crippen LogP contribution in [0.15, 0.2) is 53.3 Å². The summed E-state index contributed by atoms with van der Waals surface area (Å²) in [4.78, 5) is 79.1. The van der Waals surface area contributed by atoms with Crippen molar-refractivity contribution >= 4 is 47.1 Å². The Balaban J connectivity index is 0.848. The number of hydroxylamine groups is 2. The van der Waals surface area contributed by atoms with Crippen molar-refractivity contribution in [2.24, 2.45) is 10.7 Å². The number of rotatable bonds is 43. The Bertz CT molecular complexity index is 2050. The number of nitrogens with two attached hydrogens (primary N) is 1. The van der Waals surface area contributed by atoms with Gasteiger partial charge in [-0.15, -0.1) is 0 Å². The topological polar surface area (TPSA) is 283 Å². The van der Waals surface area contributed by atoms with Crippen LogP contribution in [-0.2, 0) is 82.7 Å². The van der Waals surface area contributed by atoms with Crippen molar-refractivity contribution in [2.75, 3.05) is 158 Å². The van der Waals surface area contributed by atoms with Crippen molar-refractivity contribution in [3.63, 3.8) is 0 Å². The van der Waals surface area contributed by atoms with Gasteiger partial charge in [-0.2, -0.15) is 0 Å². The van der Waals surface area contributed by atoms with Crippen LogP contribution in [0.25, 0.3) is 17.2 Å². The maximum Gasteiger partial charge on any atom is 0.274 e. The molecule has 0 fully saturated rings. The molecule has 0 atom stereocenters. The molecule has 0 spiro atoms. The molecule has 0 radical (unpaired) electrons. The van der Waals surface area contributed by atoms with Gasteiger partial charge < -0.3 is 63.7 Å². The number of ether oxygens (including phenoxy) is 10. The van der Waals surface area contributed by atoms with Gasteiger partial charge in [0, 0.05) is 67.1 Å². The van der Waals surface area contributed by atoms with E-state index in [1.54, 1.807) is 12.3 Å². The van der Waals surface area contributed by atoms with Gasteiger partial charge in [0.05, 0.1) is 151 Å². The lowest BCUT2D eigenvalue weighted by Crippen LogP contribution is -2.41. The van der Waals surface area contributed by atoms with Crippen LogP contribution < -0.4 is 21.4 Å². The van der Waals surface area contributed by atoms with Crippen LogP contribution in [0.5, 0.6) is 0 Å². The zero-order valence-electron chi connectivity index (χ0n) is 42.8. The van der Waals surface area contributed by atoms with Gasteiger partial charge >= 0.3 is 0 Å². The Morgan fingerprint density at radius 2 is 1.19 bits per heavy atom. The lowest BCUT2D eigenvalue weighted by molar-refractivity contribution is -0.379. The highest BCUT2D eigenvalue weighted by Gasteiger charge is 2.26. The highest BCUT2D eigenvalue weighted by atomic mass is 16.7. The normalized spacial score (nSPS) is 13.2. The first kappa shape index (κ1) is 60.9. The number of nitrogens with zero attached hydrogens (tertiary/aromatic N) is 4. The van der Waals surface area contributed by atoms with Crippen LogP contribution >= 0.6 is 0 Å². The number of H-pyrrole nitrogens is 1. The minimum absolute atomic E-state index is 0.150. The summed E-state index contributed by atoms with van der Waals surface area (Å²) in [7, 11) is 0. The van der Waals surface area contributed by atoms with Gasteiger partial charge in [-0.05, 0) is 25.5 Å². The molecular formula is C50H75N8O16+. The summed E-state index contributed by atoms with van der Waals surface area (Å²) in [6, 6.07) is 5.65. The van der Waals surface area contributed by atoms with E-state index in [4.69, 9.17) is 57.9 Å². The molecule has 24 heteroatoms. The molecule has 0 bridgehead atoms. The summed E-state index contributed by atoms with van der Waals surface area (Å²) in [6.45, 7) is 13.0. The second kappa shape index (κ2) is 38.0. The van der Waals surface area contributed by atoms with E-state index in [1.165, 1.54) is 5.06 Å². The summed E-state index contributed by atoms with van der Waals surface area (Å²) < 4.78 is 54.9. The van der Waals surface area contributed by atoms with E-state index >= 15 is 0 Å². The molecular weight excluding hydrogens is 969 g/mol. The third-order valence-electron chi connectivity index (χ3n) is 10.3. The van der Waals surface area contributed by atoms with Crippen LogP contribution in [-0.4, -0.2) is 209 Å². The Morgan fingerprint density at radius 1 is 0.676 bits per heavy atom. The molecule has 0 unspecified atom stereocenters. The predicted octanol–water partition coefficient (Wildman–Crippen LogP) is 0.742. The number of aromatic nitrogens is 2. The molecule has 0 saturated heterocycles.